The maximum Gasteiger partial charge on any atom is 0.241 e. The van der Waals surface area contributed by atoms with Crippen LogP contribution in [0.5, 0.6) is 0 Å². The number of carbonyl (C=O) groups is 1. The van der Waals surface area contributed by atoms with Crippen molar-refractivity contribution in [2.75, 3.05) is 23.9 Å². The first-order valence-corrected chi connectivity index (χ1v) is 7.88. The summed E-state index contributed by atoms with van der Waals surface area (Å²) in [6.07, 6.45) is 1.14. The number of benzene rings is 1. The summed E-state index contributed by atoms with van der Waals surface area (Å²) in [7, 11) is 2.01. The Balaban J connectivity index is 1.98. The lowest BCUT2D eigenvalue weighted by Crippen LogP contribution is -2.45. The van der Waals surface area contributed by atoms with E-state index in [0.29, 0.717) is 17.3 Å². The molecule has 20 heavy (non-hydrogen) atoms. The van der Waals surface area contributed by atoms with Crippen LogP contribution in [-0.4, -0.2) is 41.4 Å². The van der Waals surface area contributed by atoms with Crippen LogP contribution in [0.15, 0.2) is 24.3 Å². The Bertz CT molecular complexity index is 520. The average Bonchev–Trinajstić information content (AvgIpc) is 3.00. The van der Waals surface area contributed by atoms with Gasteiger partial charge in [-0.15, -0.1) is 0 Å². The highest BCUT2D eigenvalue weighted by atomic mass is 32.2. The van der Waals surface area contributed by atoms with Crippen LogP contribution in [0.4, 0.5) is 5.69 Å². The van der Waals surface area contributed by atoms with Crippen LogP contribution in [0.2, 0.25) is 0 Å². The SMILES string of the molecule is CC(C(=O)Nc1cccc(C#N)c1)N(C)C1CCSC1. The second kappa shape index (κ2) is 6.78. The Kier molecular flexibility index (Phi) is 5.05. The predicted octanol–water partition coefficient (Wildman–Crippen LogP) is 2.32. The van der Waals surface area contributed by atoms with Crippen molar-refractivity contribution < 1.29 is 4.79 Å². The van der Waals surface area contributed by atoms with E-state index in [1.165, 1.54) is 5.75 Å². The summed E-state index contributed by atoms with van der Waals surface area (Å²) < 4.78 is 0. The molecule has 1 fully saturated rings. The molecule has 5 heteroatoms. The van der Waals surface area contributed by atoms with Gasteiger partial charge in [-0.2, -0.15) is 17.0 Å². The molecule has 0 radical (unpaired) electrons. The molecule has 4 nitrogen and oxygen atoms in total. The largest absolute Gasteiger partial charge is 0.325 e. The fraction of sp³-hybridized carbons (Fsp3) is 0.467. The van der Waals surface area contributed by atoms with Crippen LogP contribution in [0.3, 0.4) is 0 Å². The molecule has 0 aliphatic carbocycles. The number of hydrogen-bond donors (Lipinski definition) is 1. The average molecular weight is 289 g/mol. The van der Waals surface area contributed by atoms with E-state index >= 15 is 0 Å². The maximum atomic E-state index is 12.3. The van der Waals surface area contributed by atoms with Crippen LogP contribution in [0, 0.1) is 11.3 Å². The Hall–Kier alpha value is -1.51. The number of carbonyl (C=O) groups excluding carboxylic acids is 1. The molecule has 2 rings (SSSR count). The van der Waals surface area contributed by atoms with Gasteiger partial charge in [-0.25, -0.2) is 0 Å². The molecule has 0 bridgehead atoms. The first-order chi connectivity index (χ1) is 9.61. The lowest BCUT2D eigenvalue weighted by molar-refractivity contribution is -0.120. The van der Waals surface area contributed by atoms with Gasteiger partial charge in [-0.3, -0.25) is 9.69 Å². The van der Waals surface area contributed by atoms with Gasteiger partial charge < -0.3 is 5.32 Å². The zero-order valence-corrected chi connectivity index (χ0v) is 12.6. The van der Waals surface area contributed by atoms with Gasteiger partial charge in [0.25, 0.3) is 0 Å². The van der Waals surface area contributed by atoms with Crippen molar-refractivity contribution in [2.24, 2.45) is 0 Å². The standard InChI is InChI=1S/C15H19N3OS/c1-11(18(2)14-6-7-20-10-14)15(19)17-13-5-3-4-12(8-13)9-16/h3-5,8,11,14H,6-7,10H2,1-2H3,(H,17,19). The molecule has 1 aromatic rings. The fourth-order valence-electron chi connectivity index (χ4n) is 2.26. The van der Waals surface area contributed by atoms with Gasteiger partial charge in [-0.05, 0) is 44.3 Å². The van der Waals surface area contributed by atoms with Crippen molar-refractivity contribution in [2.45, 2.75) is 25.4 Å². The Labute approximate surface area is 124 Å². The highest BCUT2D eigenvalue weighted by Crippen LogP contribution is 2.23. The normalized spacial score (nSPS) is 19.6. The molecule has 106 valence electrons. The van der Waals surface area contributed by atoms with E-state index < -0.39 is 0 Å². The minimum absolute atomic E-state index is 0.0283. The Morgan fingerprint density at radius 2 is 2.40 bits per heavy atom. The first-order valence-electron chi connectivity index (χ1n) is 6.72. The number of nitrogens with one attached hydrogen (secondary N) is 1. The molecule has 0 spiro atoms. The summed E-state index contributed by atoms with van der Waals surface area (Å²) in [5.41, 5.74) is 1.23. The number of nitrogens with zero attached hydrogens (tertiary/aromatic N) is 2. The van der Waals surface area contributed by atoms with E-state index in [1.54, 1.807) is 24.3 Å². The molecule has 1 aromatic carbocycles. The summed E-state index contributed by atoms with van der Waals surface area (Å²) in [4.78, 5) is 14.4. The molecule has 2 unspecified atom stereocenters. The third-order valence-electron chi connectivity index (χ3n) is 3.73. The molecular formula is C15H19N3OS. The summed E-state index contributed by atoms with van der Waals surface area (Å²) in [6.45, 7) is 1.92. The van der Waals surface area contributed by atoms with Crippen molar-refractivity contribution in [3.8, 4) is 6.07 Å². The third kappa shape index (κ3) is 3.53. The molecule has 0 aromatic heterocycles. The first kappa shape index (κ1) is 14.9. The lowest BCUT2D eigenvalue weighted by Gasteiger charge is -2.29. The molecule has 1 N–H and O–H groups in total. The van der Waals surface area contributed by atoms with Gasteiger partial charge in [0.1, 0.15) is 0 Å². The van der Waals surface area contributed by atoms with E-state index in [4.69, 9.17) is 5.26 Å². The van der Waals surface area contributed by atoms with Gasteiger partial charge in [0.2, 0.25) is 5.91 Å². The van der Waals surface area contributed by atoms with E-state index in [1.807, 2.05) is 25.7 Å². The third-order valence-corrected chi connectivity index (χ3v) is 4.88. The summed E-state index contributed by atoms with van der Waals surface area (Å²) in [6, 6.07) is 9.36. The number of nitriles is 1. The molecule has 1 amide bonds. The van der Waals surface area contributed by atoms with Crippen LogP contribution in [0.1, 0.15) is 18.9 Å². The highest BCUT2D eigenvalue weighted by Gasteiger charge is 2.27. The van der Waals surface area contributed by atoms with Gasteiger partial charge in [-0.1, -0.05) is 6.07 Å². The van der Waals surface area contributed by atoms with Crippen molar-refractivity contribution in [1.82, 2.24) is 4.90 Å². The highest BCUT2D eigenvalue weighted by molar-refractivity contribution is 7.99. The van der Waals surface area contributed by atoms with Gasteiger partial charge in [0.15, 0.2) is 0 Å². The van der Waals surface area contributed by atoms with E-state index in [9.17, 15) is 4.79 Å². The molecule has 0 saturated carbocycles. The number of thioether (sulfide) groups is 1. The summed E-state index contributed by atoms with van der Waals surface area (Å²) >= 11 is 1.94. The maximum absolute atomic E-state index is 12.3. The van der Waals surface area contributed by atoms with Crippen LogP contribution < -0.4 is 5.32 Å². The minimum Gasteiger partial charge on any atom is -0.325 e. The number of amides is 1. The van der Waals surface area contributed by atoms with Crippen LogP contribution >= 0.6 is 11.8 Å². The summed E-state index contributed by atoms with van der Waals surface area (Å²) in [5.74, 6) is 2.24. The van der Waals surface area contributed by atoms with E-state index in [-0.39, 0.29) is 11.9 Å². The second-order valence-corrected chi connectivity index (χ2v) is 6.19. The van der Waals surface area contributed by atoms with Gasteiger partial charge >= 0.3 is 0 Å². The minimum atomic E-state index is -0.176. The number of anilines is 1. The number of likely N-dealkylation sites (N-methyl/N-ethyl adjacent to an activating group) is 1. The van der Waals surface area contributed by atoms with Crippen molar-refractivity contribution in [3.63, 3.8) is 0 Å². The molecule has 1 aliphatic rings. The Morgan fingerprint density at radius 3 is 3.05 bits per heavy atom. The number of hydrogen-bond acceptors (Lipinski definition) is 4. The Morgan fingerprint density at radius 1 is 1.60 bits per heavy atom. The van der Waals surface area contributed by atoms with Crippen molar-refractivity contribution in [1.29, 1.82) is 5.26 Å². The van der Waals surface area contributed by atoms with E-state index in [2.05, 4.69) is 16.3 Å². The molecule has 1 aliphatic heterocycles. The molecule has 2 atom stereocenters. The van der Waals surface area contributed by atoms with Crippen molar-refractivity contribution >= 4 is 23.4 Å². The predicted molar refractivity (Wildman–Crippen MR) is 82.7 cm³/mol. The zero-order chi connectivity index (χ0) is 14.5. The van der Waals surface area contributed by atoms with E-state index in [0.717, 1.165) is 12.2 Å². The molecular weight excluding hydrogens is 270 g/mol. The van der Waals surface area contributed by atoms with Gasteiger partial charge in [0.05, 0.1) is 17.7 Å². The van der Waals surface area contributed by atoms with Crippen LogP contribution in [-0.2, 0) is 4.79 Å². The topological polar surface area (TPSA) is 56.1 Å². The van der Waals surface area contributed by atoms with Crippen molar-refractivity contribution in [3.05, 3.63) is 29.8 Å². The van der Waals surface area contributed by atoms with Gasteiger partial charge in [0, 0.05) is 17.5 Å². The molecule has 1 saturated heterocycles. The van der Waals surface area contributed by atoms with Crippen LogP contribution in [0.25, 0.3) is 0 Å². The lowest BCUT2D eigenvalue weighted by atomic mass is 10.1. The quantitative estimate of drug-likeness (QED) is 0.924. The monoisotopic (exact) mass is 289 g/mol. The summed E-state index contributed by atoms with van der Waals surface area (Å²) in [5, 5.41) is 11.7. The zero-order valence-electron chi connectivity index (χ0n) is 11.8. The fourth-order valence-corrected chi connectivity index (χ4v) is 3.54. The smallest absolute Gasteiger partial charge is 0.241 e. The number of rotatable bonds is 4. The second-order valence-electron chi connectivity index (χ2n) is 5.04. The molecule has 1 heterocycles.